The summed E-state index contributed by atoms with van der Waals surface area (Å²) in [7, 11) is 1.88. The van der Waals surface area contributed by atoms with E-state index in [1.54, 1.807) is 12.1 Å². The molecule has 1 aromatic rings. The molecule has 1 rings (SSSR count). The molecule has 2 nitrogen and oxygen atoms in total. The molecule has 0 aliphatic rings. The van der Waals surface area contributed by atoms with Crippen LogP contribution in [0.4, 0.5) is 18.9 Å². The summed E-state index contributed by atoms with van der Waals surface area (Å²) in [5, 5.41) is 0.722. The Labute approximate surface area is 158 Å². The van der Waals surface area contributed by atoms with Crippen LogP contribution >= 0.6 is 15.9 Å². The Kier molecular flexibility index (Phi) is 14.0. The normalized spacial score (nSPS) is 11.0. The molecule has 0 aliphatic heterocycles. The molecule has 0 heterocycles. The van der Waals surface area contributed by atoms with Crippen LogP contribution in [0.15, 0.2) is 36.0 Å². The number of benzene rings is 1. The minimum absolute atomic E-state index is 0.217. The fraction of sp³-hybridized carbons (Fsp3) is 0.474. The van der Waals surface area contributed by atoms with Crippen LogP contribution in [-0.2, 0) is 0 Å². The summed E-state index contributed by atoms with van der Waals surface area (Å²) in [5.41, 5.74) is 1.90. The van der Waals surface area contributed by atoms with Gasteiger partial charge in [-0.1, -0.05) is 56.1 Å². The Morgan fingerprint density at radius 1 is 1.20 bits per heavy atom. The van der Waals surface area contributed by atoms with Gasteiger partial charge in [0.15, 0.2) is 0 Å². The molecule has 0 aliphatic carbocycles. The van der Waals surface area contributed by atoms with Gasteiger partial charge in [-0.05, 0) is 30.2 Å². The summed E-state index contributed by atoms with van der Waals surface area (Å²) < 4.78 is 40.1. The van der Waals surface area contributed by atoms with Crippen molar-refractivity contribution in [3.8, 4) is 18.6 Å². The number of nitrogens with zero attached hydrogens (tertiary/aromatic N) is 1. The monoisotopic (exact) mass is 421 g/mol. The molecule has 0 N–H and O–H groups in total. The van der Waals surface area contributed by atoms with E-state index < -0.39 is 6.36 Å². The summed E-state index contributed by atoms with van der Waals surface area (Å²) in [6, 6.07) is 5.83. The van der Waals surface area contributed by atoms with Crippen molar-refractivity contribution in [2.45, 2.75) is 40.5 Å². The summed E-state index contributed by atoms with van der Waals surface area (Å²) in [4.78, 5) is 1.95. The molecule has 0 saturated carbocycles. The van der Waals surface area contributed by atoms with Gasteiger partial charge in [0.2, 0.25) is 0 Å². The van der Waals surface area contributed by atoms with Gasteiger partial charge in [-0.25, -0.2) is 0 Å². The van der Waals surface area contributed by atoms with Crippen LogP contribution in [0, 0.1) is 18.8 Å². The van der Waals surface area contributed by atoms with Gasteiger partial charge in [0.25, 0.3) is 0 Å². The molecule has 0 unspecified atom stereocenters. The first-order chi connectivity index (χ1) is 11.7. The smallest absolute Gasteiger partial charge is 0.406 e. The van der Waals surface area contributed by atoms with Crippen LogP contribution in [0.1, 0.15) is 34.1 Å². The molecule has 0 spiro atoms. The zero-order valence-corrected chi connectivity index (χ0v) is 17.0. The number of alkyl halides is 4. The SMILES string of the molecule is C#C.CC(C)/C(=C/CBr)N(C)c1ccc(OC(F)(F)F)cc1.CCC. The van der Waals surface area contributed by atoms with E-state index in [1.165, 1.54) is 18.6 Å². The van der Waals surface area contributed by atoms with Gasteiger partial charge in [-0.3, -0.25) is 0 Å². The highest BCUT2D eigenvalue weighted by molar-refractivity contribution is 9.09. The largest absolute Gasteiger partial charge is 0.573 e. The van der Waals surface area contributed by atoms with Crippen LogP contribution in [0.2, 0.25) is 0 Å². The van der Waals surface area contributed by atoms with E-state index in [9.17, 15) is 13.2 Å². The van der Waals surface area contributed by atoms with E-state index in [1.807, 2.05) is 18.0 Å². The van der Waals surface area contributed by atoms with Gasteiger partial charge in [0.05, 0.1) is 0 Å². The number of hydrogen-bond acceptors (Lipinski definition) is 2. The second-order valence-electron chi connectivity index (χ2n) is 5.25. The minimum atomic E-state index is -4.66. The molecule has 0 radical (unpaired) electrons. The lowest BCUT2D eigenvalue weighted by Gasteiger charge is -2.26. The zero-order chi connectivity index (χ0) is 20.0. The highest BCUT2D eigenvalue weighted by atomic mass is 79.9. The molecular weight excluding hydrogens is 395 g/mol. The Morgan fingerprint density at radius 3 is 1.96 bits per heavy atom. The Balaban J connectivity index is 0. The lowest BCUT2D eigenvalue weighted by atomic mass is 10.1. The number of ether oxygens (including phenoxy) is 1. The molecule has 0 saturated heterocycles. The first kappa shape index (κ1) is 25.6. The maximum Gasteiger partial charge on any atom is 0.573 e. The van der Waals surface area contributed by atoms with Gasteiger partial charge in [0, 0.05) is 23.8 Å². The number of rotatable bonds is 5. The molecule has 1 aromatic carbocycles. The highest BCUT2D eigenvalue weighted by Gasteiger charge is 2.31. The minimum Gasteiger partial charge on any atom is -0.406 e. The molecule has 142 valence electrons. The summed E-state index contributed by atoms with van der Waals surface area (Å²) in [6.45, 7) is 8.37. The van der Waals surface area contributed by atoms with E-state index in [2.05, 4.69) is 61.2 Å². The van der Waals surface area contributed by atoms with E-state index in [-0.39, 0.29) is 5.75 Å². The van der Waals surface area contributed by atoms with Crippen LogP contribution in [0.3, 0.4) is 0 Å². The molecule has 0 aromatic heterocycles. The predicted octanol–water partition coefficient (Wildman–Crippen LogP) is 6.62. The second kappa shape index (κ2) is 13.7. The maximum absolute atomic E-state index is 12.1. The Morgan fingerprint density at radius 2 is 1.64 bits per heavy atom. The van der Waals surface area contributed by atoms with Gasteiger partial charge in [-0.15, -0.1) is 26.0 Å². The van der Waals surface area contributed by atoms with Crippen molar-refractivity contribution in [1.29, 1.82) is 0 Å². The van der Waals surface area contributed by atoms with Crippen LogP contribution in [0.5, 0.6) is 5.75 Å². The fourth-order valence-corrected chi connectivity index (χ4v) is 2.19. The van der Waals surface area contributed by atoms with E-state index in [4.69, 9.17) is 0 Å². The number of anilines is 1. The molecule has 25 heavy (non-hydrogen) atoms. The number of hydrogen-bond donors (Lipinski definition) is 0. The molecule has 0 amide bonds. The topological polar surface area (TPSA) is 12.5 Å². The van der Waals surface area contributed by atoms with Crippen molar-refractivity contribution in [2.24, 2.45) is 5.92 Å². The van der Waals surface area contributed by atoms with Crippen LogP contribution in [0.25, 0.3) is 0 Å². The Bertz CT molecular complexity index is 508. The third-order valence-corrected chi connectivity index (χ3v) is 3.05. The quantitative estimate of drug-likeness (QED) is 0.391. The lowest BCUT2D eigenvalue weighted by Crippen LogP contribution is -2.21. The third-order valence-electron chi connectivity index (χ3n) is 2.72. The van der Waals surface area contributed by atoms with Gasteiger partial charge in [-0.2, -0.15) is 0 Å². The van der Waals surface area contributed by atoms with Crippen molar-refractivity contribution in [1.82, 2.24) is 0 Å². The van der Waals surface area contributed by atoms with Crippen molar-refractivity contribution in [3.63, 3.8) is 0 Å². The van der Waals surface area contributed by atoms with Gasteiger partial charge in [0.1, 0.15) is 5.75 Å². The van der Waals surface area contributed by atoms with E-state index in [0.717, 1.165) is 16.7 Å². The van der Waals surface area contributed by atoms with Crippen LogP contribution < -0.4 is 9.64 Å². The zero-order valence-electron chi connectivity index (χ0n) is 15.4. The standard InChI is InChI=1S/C14H17BrF3NO.C3H8.C2H2/c1-10(2)13(8-9-15)19(3)11-4-6-12(7-5-11)20-14(16,17)18;1-3-2;1-2/h4-8,10H,9H2,1-3H3;3H2,1-2H3;1-2H/b13-8-;;. The number of terminal acetylenes is 1. The van der Waals surface area contributed by atoms with Crippen molar-refractivity contribution in [3.05, 3.63) is 36.0 Å². The maximum atomic E-state index is 12.1. The Hall–Kier alpha value is -1.61. The summed E-state index contributed by atoms with van der Waals surface area (Å²) >= 11 is 3.36. The first-order valence-corrected chi connectivity index (χ1v) is 8.97. The predicted molar refractivity (Wildman–Crippen MR) is 104 cm³/mol. The summed E-state index contributed by atoms with van der Waals surface area (Å²) in [6.07, 6.45) is 6.62. The summed E-state index contributed by atoms with van der Waals surface area (Å²) in [5.74, 6) is 0.0915. The van der Waals surface area contributed by atoms with Gasteiger partial charge >= 0.3 is 6.36 Å². The molecule has 6 heteroatoms. The average molecular weight is 422 g/mol. The van der Waals surface area contributed by atoms with Gasteiger partial charge < -0.3 is 9.64 Å². The fourth-order valence-electron chi connectivity index (χ4n) is 1.86. The second-order valence-corrected chi connectivity index (χ2v) is 5.89. The van der Waals surface area contributed by atoms with E-state index in [0.29, 0.717) is 5.92 Å². The van der Waals surface area contributed by atoms with Crippen molar-refractivity contribution >= 4 is 21.6 Å². The molecule has 0 bridgehead atoms. The van der Waals surface area contributed by atoms with Crippen molar-refractivity contribution in [2.75, 3.05) is 17.3 Å². The van der Waals surface area contributed by atoms with Crippen molar-refractivity contribution < 1.29 is 17.9 Å². The van der Waals surface area contributed by atoms with E-state index >= 15 is 0 Å². The third kappa shape index (κ3) is 11.5. The average Bonchev–Trinajstić information content (AvgIpc) is 2.53. The number of allylic oxidation sites excluding steroid dienone is 2. The highest BCUT2D eigenvalue weighted by Crippen LogP contribution is 2.27. The molecule has 0 fully saturated rings. The lowest BCUT2D eigenvalue weighted by molar-refractivity contribution is -0.274. The first-order valence-electron chi connectivity index (χ1n) is 7.85. The molecular formula is C19H27BrF3NO. The molecule has 0 atom stereocenters. The van der Waals surface area contributed by atoms with Crippen LogP contribution in [-0.4, -0.2) is 18.7 Å². The number of halogens is 4.